The van der Waals surface area contributed by atoms with Crippen molar-refractivity contribution in [2.45, 2.75) is 19.9 Å². The van der Waals surface area contributed by atoms with Crippen LogP contribution in [-0.4, -0.2) is 48.2 Å². The van der Waals surface area contributed by atoms with Gasteiger partial charge in [0.1, 0.15) is 5.82 Å². The van der Waals surface area contributed by atoms with Crippen LogP contribution in [0.5, 0.6) is 0 Å². The Morgan fingerprint density at radius 3 is 2.71 bits per heavy atom. The molecule has 1 aliphatic heterocycles. The molecule has 0 aromatic heterocycles. The van der Waals surface area contributed by atoms with Gasteiger partial charge in [0.25, 0.3) is 10.2 Å². The number of carboxylic acid groups (broad SMARTS) is 1. The lowest BCUT2D eigenvalue weighted by Crippen LogP contribution is -2.50. The molecule has 0 saturated carbocycles. The van der Waals surface area contributed by atoms with E-state index in [9.17, 15) is 22.7 Å². The zero-order chi connectivity index (χ0) is 18.1. The number of hydrogen-bond acceptors (Lipinski definition) is 3. The Hall–Kier alpha value is -1.22. The van der Waals surface area contributed by atoms with Gasteiger partial charge >= 0.3 is 5.97 Å². The normalized spacial score (nSPS) is 22.7. The van der Waals surface area contributed by atoms with Crippen molar-refractivity contribution in [3.05, 3.63) is 34.6 Å². The van der Waals surface area contributed by atoms with Gasteiger partial charge in [-0.05, 0) is 24.5 Å². The Balaban J connectivity index is 2.21. The molecule has 1 N–H and O–H groups in total. The van der Waals surface area contributed by atoms with Gasteiger partial charge < -0.3 is 5.11 Å². The Morgan fingerprint density at radius 1 is 1.46 bits per heavy atom. The van der Waals surface area contributed by atoms with E-state index in [1.165, 1.54) is 25.2 Å². The predicted octanol–water partition coefficient (Wildman–Crippen LogP) is 2.20. The summed E-state index contributed by atoms with van der Waals surface area (Å²) >= 11 is 5.94. The van der Waals surface area contributed by atoms with Crippen LogP contribution in [0.25, 0.3) is 0 Å². The van der Waals surface area contributed by atoms with Gasteiger partial charge in [-0.25, -0.2) is 4.39 Å². The van der Waals surface area contributed by atoms with E-state index in [0.717, 1.165) is 8.61 Å². The highest BCUT2D eigenvalue weighted by molar-refractivity contribution is 7.86. The summed E-state index contributed by atoms with van der Waals surface area (Å²) in [6.45, 7) is 1.74. The summed E-state index contributed by atoms with van der Waals surface area (Å²) in [6.07, 6.45) is 0.435. The summed E-state index contributed by atoms with van der Waals surface area (Å²) in [4.78, 5) is 11.2. The monoisotopic (exact) mass is 378 g/mol. The number of carboxylic acids is 1. The average molecular weight is 379 g/mol. The second kappa shape index (κ2) is 7.35. The predicted molar refractivity (Wildman–Crippen MR) is 88.3 cm³/mol. The number of rotatable bonds is 5. The molecule has 2 atom stereocenters. The van der Waals surface area contributed by atoms with E-state index in [1.807, 2.05) is 6.92 Å². The molecule has 24 heavy (non-hydrogen) atoms. The molecule has 0 radical (unpaired) electrons. The minimum Gasteiger partial charge on any atom is -0.481 e. The summed E-state index contributed by atoms with van der Waals surface area (Å²) < 4.78 is 41.5. The van der Waals surface area contributed by atoms with Crippen LogP contribution in [0.3, 0.4) is 0 Å². The smallest absolute Gasteiger partial charge is 0.307 e. The molecular weight excluding hydrogens is 359 g/mol. The molecule has 134 valence electrons. The Morgan fingerprint density at radius 2 is 2.12 bits per heavy atom. The van der Waals surface area contributed by atoms with Crippen LogP contribution in [0.1, 0.15) is 18.9 Å². The summed E-state index contributed by atoms with van der Waals surface area (Å²) in [5, 5.41) is 9.33. The number of piperidine rings is 1. The van der Waals surface area contributed by atoms with Gasteiger partial charge in [0.2, 0.25) is 0 Å². The lowest BCUT2D eigenvalue weighted by molar-refractivity contribution is -0.143. The van der Waals surface area contributed by atoms with Crippen LogP contribution in [-0.2, 0) is 21.5 Å². The molecular formula is C15H20ClFN2O4S. The number of halogens is 2. The quantitative estimate of drug-likeness (QED) is 0.852. The van der Waals surface area contributed by atoms with Gasteiger partial charge in [-0.2, -0.15) is 17.0 Å². The van der Waals surface area contributed by atoms with Crippen LogP contribution in [0.4, 0.5) is 4.39 Å². The van der Waals surface area contributed by atoms with E-state index in [2.05, 4.69) is 0 Å². The lowest BCUT2D eigenvalue weighted by atomic mass is 9.92. The van der Waals surface area contributed by atoms with Gasteiger partial charge in [-0.15, -0.1) is 0 Å². The van der Waals surface area contributed by atoms with Crippen molar-refractivity contribution in [3.63, 3.8) is 0 Å². The van der Waals surface area contributed by atoms with E-state index < -0.39 is 27.9 Å². The van der Waals surface area contributed by atoms with Crippen LogP contribution >= 0.6 is 11.6 Å². The zero-order valence-electron chi connectivity index (χ0n) is 13.4. The molecule has 1 aromatic carbocycles. The first-order valence-corrected chi connectivity index (χ1v) is 9.27. The molecule has 6 nitrogen and oxygen atoms in total. The summed E-state index contributed by atoms with van der Waals surface area (Å²) in [7, 11) is -2.59. The Bertz CT molecular complexity index is 708. The molecule has 2 rings (SSSR count). The number of carbonyl (C=O) groups is 1. The largest absolute Gasteiger partial charge is 0.481 e. The number of benzene rings is 1. The molecule has 0 aliphatic carbocycles. The fraction of sp³-hybridized carbons (Fsp3) is 0.533. The first-order chi connectivity index (χ1) is 11.1. The molecule has 0 spiro atoms. The molecule has 0 amide bonds. The molecule has 1 aliphatic rings. The fourth-order valence-corrected chi connectivity index (χ4v) is 4.58. The first kappa shape index (κ1) is 19.1. The van der Waals surface area contributed by atoms with E-state index in [-0.39, 0.29) is 36.1 Å². The molecule has 1 heterocycles. The van der Waals surface area contributed by atoms with E-state index in [1.54, 1.807) is 0 Å². The minimum atomic E-state index is -3.92. The second-order valence-corrected chi connectivity index (χ2v) is 8.60. The summed E-state index contributed by atoms with van der Waals surface area (Å²) in [5.74, 6) is -2.41. The standard InChI is InChI=1S/C15H20ClFN2O4S/c1-10-6-11(15(20)21)8-19(7-10)24(22,23)18(2)9-12-13(16)4-3-5-14(12)17/h3-5,10-11H,6-9H2,1-2H3,(H,20,21). The maximum Gasteiger partial charge on any atom is 0.307 e. The Kier molecular flexibility index (Phi) is 5.85. The molecule has 1 fully saturated rings. The van der Waals surface area contributed by atoms with Crippen LogP contribution in [0.15, 0.2) is 18.2 Å². The third kappa shape index (κ3) is 4.05. The topological polar surface area (TPSA) is 77.9 Å². The summed E-state index contributed by atoms with van der Waals surface area (Å²) in [6, 6.07) is 4.15. The third-order valence-corrected chi connectivity index (χ3v) is 6.36. The molecule has 2 unspecified atom stereocenters. The number of hydrogen-bond donors (Lipinski definition) is 1. The van der Waals surface area contributed by atoms with Crippen molar-refractivity contribution in [2.24, 2.45) is 11.8 Å². The lowest BCUT2D eigenvalue weighted by Gasteiger charge is -2.36. The maximum atomic E-state index is 13.9. The van der Waals surface area contributed by atoms with Gasteiger partial charge in [0.15, 0.2) is 0 Å². The van der Waals surface area contributed by atoms with Crippen LogP contribution in [0.2, 0.25) is 5.02 Å². The van der Waals surface area contributed by atoms with E-state index in [4.69, 9.17) is 11.6 Å². The molecule has 1 saturated heterocycles. The molecule has 1 aromatic rings. The van der Waals surface area contributed by atoms with Crippen LogP contribution in [0, 0.1) is 17.7 Å². The van der Waals surface area contributed by atoms with Gasteiger partial charge in [-0.3, -0.25) is 4.79 Å². The maximum absolute atomic E-state index is 13.9. The van der Waals surface area contributed by atoms with Crippen molar-refractivity contribution < 1.29 is 22.7 Å². The van der Waals surface area contributed by atoms with Gasteiger partial charge in [0, 0.05) is 37.3 Å². The average Bonchev–Trinajstić information content (AvgIpc) is 2.50. The first-order valence-electron chi connectivity index (χ1n) is 7.50. The van der Waals surface area contributed by atoms with Crippen molar-refractivity contribution in [3.8, 4) is 0 Å². The number of aliphatic carboxylic acids is 1. The van der Waals surface area contributed by atoms with Crippen molar-refractivity contribution >= 4 is 27.8 Å². The second-order valence-electron chi connectivity index (χ2n) is 6.16. The van der Waals surface area contributed by atoms with Crippen LogP contribution < -0.4 is 0 Å². The molecule has 9 heteroatoms. The number of nitrogens with zero attached hydrogens (tertiary/aromatic N) is 2. The summed E-state index contributed by atoms with van der Waals surface area (Å²) in [5.41, 5.74) is 0.0880. The zero-order valence-corrected chi connectivity index (χ0v) is 15.0. The highest BCUT2D eigenvalue weighted by atomic mass is 35.5. The van der Waals surface area contributed by atoms with Gasteiger partial charge in [-0.1, -0.05) is 24.6 Å². The molecule has 0 bridgehead atoms. The minimum absolute atomic E-state index is 0.0694. The highest BCUT2D eigenvalue weighted by Gasteiger charge is 2.37. The Labute approximate surface area is 146 Å². The van der Waals surface area contributed by atoms with Crippen molar-refractivity contribution in [2.75, 3.05) is 20.1 Å². The van der Waals surface area contributed by atoms with Crippen molar-refractivity contribution in [1.82, 2.24) is 8.61 Å². The van der Waals surface area contributed by atoms with E-state index in [0.29, 0.717) is 6.42 Å². The third-order valence-electron chi connectivity index (χ3n) is 4.14. The van der Waals surface area contributed by atoms with Gasteiger partial charge in [0.05, 0.1) is 5.92 Å². The highest BCUT2D eigenvalue weighted by Crippen LogP contribution is 2.27. The van der Waals surface area contributed by atoms with Crippen molar-refractivity contribution in [1.29, 1.82) is 0 Å². The fourth-order valence-electron chi connectivity index (χ4n) is 2.85. The SMILES string of the molecule is CC1CC(C(=O)O)CN(S(=O)(=O)N(C)Cc2c(F)cccc2Cl)C1. The van der Waals surface area contributed by atoms with E-state index >= 15 is 0 Å².